The van der Waals surface area contributed by atoms with Crippen molar-refractivity contribution in [3.8, 4) is 17.7 Å². The summed E-state index contributed by atoms with van der Waals surface area (Å²) < 4.78 is 5.84. The molecule has 3 aromatic rings. The number of halogens is 1. The van der Waals surface area contributed by atoms with E-state index in [9.17, 15) is 0 Å². The largest absolute Gasteiger partial charge is 0.437 e. The Balaban J connectivity index is 1.79. The van der Waals surface area contributed by atoms with Gasteiger partial charge in [-0.15, -0.1) is 0 Å². The molecule has 0 atom stereocenters. The number of para-hydroxylation sites is 1. The van der Waals surface area contributed by atoms with E-state index in [1.807, 2.05) is 43.3 Å². The van der Waals surface area contributed by atoms with Crippen LogP contribution < -0.4 is 4.74 Å². The van der Waals surface area contributed by atoms with E-state index in [-0.39, 0.29) is 0 Å². The molecule has 0 aliphatic rings. The fraction of sp³-hybridized carbons (Fsp3) is 0.150. The number of benzene rings is 2. The van der Waals surface area contributed by atoms with Crippen LogP contribution in [0.5, 0.6) is 11.6 Å². The summed E-state index contributed by atoms with van der Waals surface area (Å²) in [6, 6.07) is 18.8. The lowest BCUT2D eigenvalue weighted by molar-refractivity contribution is 0.454. The molecular formula is C20H16ClN3OS. The van der Waals surface area contributed by atoms with Crippen molar-refractivity contribution in [2.24, 2.45) is 0 Å². The maximum atomic E-state index is 9.01. The number of ether oxygens (including phenoxy) is 1. The number of nitrogens with zero attached hydrogens (tertiary/aromatic N) is 3. The normalized spacial score (nSPS) is 10.3. The molecule has 0 aliphatic heterocycles. The Kier molecular flexibility index (Phi) is 6.11. The third-order valence-electron chi connectivity index (χ3n) is 3.57. The zero-order valence-corrected chi connectivity index (χ0v) is 15.7. The molecule has 130 valence electrons. The average Bonchev–Trinajstić information content (AvgIpc) is 2.68. The molecule has 0 fully saturated rings. The summed E-state index contributed by atoms with van der Waals surface area (Å²) in [4.78, 5) is 9.03. The highest BCUT2D eigenvalue weighted by Crippen LogP contribution is 2.30. The van der Waals surface area contributed by atoms with Crippen molar-refractivity contribution in [3.63, 3.8) is 0 Å². The van der Waals surface area contributed by atoms with Crippen LogP contribution in [-0.2, 0) is 12.2 Å². The Morgan fingerprint density at radius 1 is 1.12 bits per heavy atom. The zero-order chi connectivity index (χ0) is 18.4. The summed E-state index contributed by atoms with van der Waals surface area (Å²) in [5, 5.41) is 10.2. The van der Waals surface area contributed by atoms with Gasteiger partial charge in [-0.1, -0.05) is 54.6 Å². The highest BCUT2D eigenvalue weighted by Gasteiger charge is 2.09. The maximum Gasteiger partial charge on any atom is 0.223 e. The van der Waals surface area contributed by atoms with Crippen LogP contribution in [-0.4, -0.2) is 9.97 Å². The monoisotopic (exact) mass is 381 g/mol. The second-order valence-corrected chi connectivity index (χ2v) is 6.82. The lowest BCUT2D eigenvalue weighted by atomic mass is 10.2. The van der Waals surface area contributed by atoms with E-state index in [1.54, 1.807) is 18.2 Å². The minimum absolute atomic E-state index is 0.471. The molecule has 0 spiro atoms. The van der Waals surface area contributed by atoms with Gasteiger partial charge in [0, 0.05) is 17.5 Å². The van der Waals surface area contributed by atoms with Gasteiger partial charge in [0.15, 0.2) is 5.16 Å². The Morgan fingerprint density at radius 3 is 2.73 bits per heavy atom. The third-order valence-corrected chi connectivity index (χ3v) is 4.80. The van der Waals surface area contributed by atoms with Crippen LogP contribution in [0, 0.1) is 11.3 Å². The molecule has 0 aliphatic carbocycles. The van der Waals surface area contributed by atoms with Crippen molar-refractivity contribution in [1.29, 1.82) is 5.26 Å². The third kappa shape index (κ3) is 4.75. The van der Waals surface area contributed by atoms with E-state index < -0.39 is 0 Å². The van der Waals surface area contributed by atoms with Gasteiger partial charge in [0.05, 0.1) is 16.7 Å². The lowest BCUT2D eigenvalue weighted by Crippen LogP contribution is -1.97. The van der Waals surface area contributed by atoms with Crippen LogP contribution in [0.4, 0.5) is 0 Å². The molecule has 3 rings (SSSR count). The highest BCUT2D eigenvalue weighted by molar-refractivity contribution is 7.98. The summed E-state index contributed by atoms with van der Waals surface area (Å²) in [5.41, 5.74) is 2.59. The minimum atomic E-state index is 0.471. The second kappa shape index (κ2) is 8.70. The van der Waals surface area contributed by atoms with Crippen LogP contribution in [0.1, 0.15) is 23.7 Å². The van der Waals surface area contributed by atoms with E-state index in [0.717, 1.165) is 17.7 Å². The first kappa shape index (κ1) is 18.2. The highest BCUT2D eigenvalue weighted by atomic mass is 35.5. The molecule has 2 aromatic carbocycles. The molecule has 1 heterocycles. The van der Waals surface area contributed by atoms with Gasteiger partial charge in [0.25, 0.3) is 0 Å². The van der Waals surface area contributed by atoms with Crippen molar-refractivity contribution in [1.82, 2.24) is 9.97 Å². The molecule has 1 aromatic heterocycles. The second-order valence-electron chi connectivity index (χ2n) is 5.47. The predicted octanol–water partition coefficient (Wildman–Crippen LogP) is 5.65. The van der Waals surface area contributed by atoms with Crippen LogP contribution in [0.15, 0.2) is 59.8 Å². The van der Waals surface area contributed by atoms with Crippen LogP contribution in [0.25, 0.3) is 0 Å². The standard InChI is InChI=1S/C20H16ClN3OS/c1-2-16-11-19(25-18-9-4-3-8-17(18)21)24-20(23-16)26-13-15-7-5-6-14(10-15)12-22/h3-11H,2,13H2,1H3. The number of aryl methyl sites for hydroxylation is 1. The Hall–Kier alpha value is -2.55. The van der Waals surface area contributed by atoms with E-state index >= 15 is 0 Å². The summed E-state index contributed by atoms with van der Waals surface area (Å²) in [6.45, 7) is 2.03. The number of aromatic nitrogens is 2. The first-order chi connectivity index (χ1) is 12.7. The average molecular weight is 382 g/mol. The van der Waals surface area contributed by atoms with Gasteiger partial charge in [-0.3, -0.25) is 0 Å². The molecule has 0 bridgehead atoms. The molecule has 4 nitrogen and oxygen atoms in total. The van der Waals surface area contributed by atoms with Gasteiger partial charge in [-0.05, 0) is 36.2 Å². The quantitative estimate of drug-likeness (QED) is 0.408. The van der Waals surface area contributed by atoms with E-state index in [1.165, 1.54) is 11.8 Å². The number of hydrogen-bond acceptors (Lipinski definition) is 5. The van der Waals surface area contributed by atoms with Gasteiger partial charge in [0.1, 0.15) is 5.75 Å². The van der Waals surface area contributed by atoms with Gasteiger partial charge in [-0.2, -0.15) is 10.2 Å². The molecular weight excluding hydrogens is 366 g/mol. The van der Waals surface area contributed by atoms with Gasteiger partial charge >= 0.3 is 0 Å². The molecule has 0 saturated heterocycles. The van der Waals surface area contributed by atoms with Gasteiger partial charge < -0.3 is 4.74 Å². The Labute approximate surface area is 161 Å². The fourth-order valence-corrected chi connectivity index (χ4v) is 3.25. The Bertz CT molecular complexity index is 956. The topological polar surface area (TPSA) is 58.8 Å². The summed E-state index contributed by atoms with van der Waals surface area (Å²) in [5.74, 6) is 1.71. The first-order valence-corrected chi connectivity index (χ1v) is 9.46. The number of nitriles is 1. The molecule has 0 amide bonds. The van der Waals surface area contributed by atoms with Crippen molar-refractivity contribution < 1.29 is 4.74 Å². The van der Waals surface area contributed by atoms with Crippen molar-refractivity contribution >= 4 is 23.4 Å². The molecule has 26 heavy (non-hydrogen) atoms. The van der Waals surface area contributed by atoms with Crippen LogP contribution in [0.2, 0.25) is 5.02 Å². The van der Waals surface area contributed by atoms with E-state index in [0.29, 0.717) is 33.1 Å². The van der Waals surface area contributed by atoms with Crippen molar-refractivity contribution in [2.45, 2.75) is 24.3 Å². The molecule has 0 radical (unpaired) electrons. The zero-order valence-electron chi connectivity index (χ0n) is 14.1. The predicted molar refractivity (Wildman–Crippen MR) is 104 cm³/mol. The van der Waals surface area contributed by atoms with Crippen molar-refractivity contribution in [3.05, 3.63) is 76.4 Å². The molecule has 6 heteroatoms. The van der Waals surface area contributed by atoms with Crippen LogP contribution in [0.3, 0.4) is 0 Å². The fourth-order valence-electron chi connectivity index (χ4n) is 2.27. The Morgan fingerprint density at radius 2 is 1.96 bits per heavy atom. The van der Waals surface area contributed by atoms with Gasteiger partial charge in [0.2, 0.25) is 5.88 Å². The summed E-state index contributed by atoms with van der Waals surface area (Å²) >= 11 is 7.66. The van der Waals surface area contributed by atoms with E-state index in [2.05, 4.69) is 16.0 Å². The minimum Gasteiger partial charge on any atom is -0.437 e. The summed E-state index contributed by atoms with van der Waals surface area (Å²) in [7, 11) is 0. The summed E-state index contributed by atoms with van der Waals surface area (Å²) in [6.07, 6.45) is 0.777. The number of hydrogen-bond donors (Lipinski definition) is 0. The maximum absolute atomic E-state index is 9.01. The first-order valence-electron chi connectivity index (χ1n) is 8.10. The number of thioether (sulfide) groups is 1. The SMILES string of the molecule is CCc1cc(Oc2ccccc2Cl)nc(SCc2cccc(C#N)c2)n1. The number of rotatable bonds is 6. The lowest BCUT2D eigenvalue weighted by Gasteiger charge is -2.09. The molecule has 0 saturated carbocycles. The smallest absolute Gasteiger partial charge is 0.223 e. The molecule has 0 unspecified atom stereocenters. The van der Waals surface area contributed by atoms with Crippen molar-refractivity contribution in [2.75, 3.05) is 0 Å². The van der Waals surface area contributed by atoms with Crippen LogP contribution >= 0.6 is 23.4 Å². The van der Waals surface area contributed by atoms with E-state index in [4.69, 9.17) is 21.6 Å². The molecule has 0 N–H and O–H groups in total. The van der Waals surface area contributed by atoms with Gasteiger partial charge in [-0.25, -0.2) is 4.98 Å².